The minimum atomic E-state index is -1.78. The molecule has 0 bridgehead atoms. The first kappa shape index (κ1) is 86.6. The van der Waals surface area contributed by atoms with Crippen LogP contribution in [-0.4, -0.2) is 140 Å². The minimum Gasteiger partial charge on any atom is -0.394 e. The van der Waals surface area contributed by atoms with Gasteiger partial charge in [-0.1, -0.05) is 346 Å². The molecular weight excluding hydrogens is 1160 g/mol. The van der Waals surface area contributed by atoms with Gasteiger partial charge >= 0.3 is 0 Å². The molecular formula is C78H149NO13. The van der Waals surface area contributed by atoms with Crippen molar-refractivity contribution in [3.63, 3.8) is 0 Å². The maximum Gasteiger partial charge on any atom is 0.220 e. The molecule has 0 spiro atoms. The molecule has 2 fully saturated rings. The van der Waals surface area contributed by atoms with Gasteiger partial charge in [0.15, 0.2) is 12.6 Å². The fourth-order valence-corrected chi connectivity index (χ4v) is 13.4. The average molecular weight is 1310 g/mol. The van der Waals surface area contributed by atoms with Gasteiger partial charge in [-0.15, -0.1) is 0 Å². The lowest BCUT2D eigenvalue weighted by molar-refractivity contribution is -0.359. The van der Waals surface area contributed by atoms with Gasteiger partial charge in [0.1, 0.15) is 48.8 Å². The zero-order chi connectivity index (χ0) is 66.6. The molecule has 2 heterocycles. The summed E-state index contributed by atoms with van der Waals surface area (Å²) in [5.74, 6) is -0.197. The molecule has 14 nitrogen and oxygen atoms in total. The number of nitrogens with one attached hydrogen (secondary N) is 1. The first-order valence-corrected chi connectivity index (χ1v) is 39.6. The number of unbranched alkanes of at least 4 members (excludes halogenated alkanes) is 50. The van der Waals surface area contributed by atoms with E-state index in [1.54, 1.807) is 0 Å². The Morgan fingerprint density at radius 2 is 0.717 bits per heavy atom. The van der Waals surface area contributed by atoms with Crippen molar-refractivity contribution < 1.29 is 64.6 Å². The lowest BCUT2D eigenvalue weighted by atomic mass is 9.97. The smallest absolute Gasteiger partial charge is 0.220 e. The topological polar surface area (TPSA) is 228 Å². The molecule has 2 saturated heterocycles. The molecule has 0 aromatic heterocycles. The molecule has 1 amide bonds. The Balaban J connectivity index is 1.57. The van der Waals surface area contributed by atoms with Gasteiger partial charge in [0.2, 0.25) is 5.91 Å². The summed E-state index contributed by atoms with van der Waals surface area (Å²) < 4.78 is 23.0. The highest BCUT2D eigenvalue weighted by atomic mass is 16.7. The fraction of sp³-hybridized carbons (Fsp3) is 0.936. The van der Waals surface area contributed by atoms with Crippen LogP contribution in [0.1, 0.15) is 373 Å². The number of carbonyl (C=O) groups is 1. The van der Waals surface area contributed by atoms with E-state index < -0.39 is 86.8 Å². The van der Waals surface area contributed by atoms with E-state index >= 15 is 0 Å². The molecule has 0 aromatic rings. The monoisotopic (exact) mass is 1310 g/mol. The number of aliphatic hydroxyl groups excluding tert-OH is 8. The fourth-order valence-electron chi connectivity index (χ4n) is 13.4. The molecule has 0 aromatic carbocycles. The SMILES string of the molecule is CCCCCCC/C=C\C/C=C\CCCCCCCCCCCCCCCCCCCCCCCCCCCC(=O)NC(COC1OC(CO)C(OC2OC(CO)C(O)C(O)C2O)C(O)C1O)C(O)CCCCCCCCCCCCCCCCCCCCCCC. The average Bonchev–Trinajstić information content (AvgIpc) is 0.915. The maximum atomic E-state index is 13.4. The van der Waals surface area contributed by atoms with Gasteiger partial charge in [0.25, 0.3) is 0 Å². The second kappa shape index (κ2) is 63.0. The summed E-state index contributed by atoms with van der Waals surface area (Å²) in [4.78, 5) is 13.4. The van der Waals surface area contributed by atoms with Gasteiger partial charge in [-0.3, -0.25) is 4.79 Å². The van der Waals surface area contributed by atoms with Crippen molar-refractivity contribution in [3.8, 4) is 0 Å². The van der Waals surface area contributed by atoms with Crippen LogP contribution in [0.25, 0.3) is 0 Å². The minimum absolute atomic E-state index is 0.197. The van der Waals surface area contributed by atoms with Crippen molar-refractivity contribution in [3.05, 3.63) is 24.3 Å². The normalized spacial score (nSPS) is 22.7. The number of amides is 1. The van der Waals surface area contributed by atoms with Gasteiger partial charge < -0.3 is 65.1 Å². The number of hydrogen-bond donors (Lipinski definition) is 9. The van der Waals surface area contributed by atoms with E-state index in [-0.39, 0.29) is 12.5 Å². The molecule has 2 aliphatic rings. The van der Waals surface area contributed by atoms with Crippen molar-refractivity contribution in [2.75, 3.05) is 19.8 Å². The van der Waals surface area contributed by atoms with Crippen LogP contribution in [0.5, 0.6) is 0 Å². The summed E-state index contributed by atoms with van der Waals surface area (Å²) in [6.45, 7) is 2.92. The molecule has 9 N–H and O–H groups in total. The Morgan fingerprint density at radius 3 is 1.09 bits per heavy atom. The van der Waals surface area contributed by atoms with E-state index in [4.69, 9.17) is 18.9 Å². The highest BCUT2D eigenvalue weighted by molar-refractivity contribution is 5.76. The predicted octanol–water partition coefficient (Wildman–Crippen LogP) is 17.5. The molecule has 2 rings (SSSR count). The van der Waals surface area contributed by atoms with E-state index in [0.717, 1.165) is 57.8 Å². The van der Waals surface area contributed by atoms with Crippen molar-refractivity contribution in [2.45, 2.75) is 447 Å². The van der Waals surface area contributed by atoms with E-state index in [2.05, 4.69) is 43.5 Å². The number of ether oxygens (including phenoxy) is 4. The van der Waals surface area contributed by atoms with Crippen molar-refractivity contribution in [1.82, 2.24) is 5.32 Å². The first-order chi connectivity index (χ1) is 45.1. The lowest BCUT2D eigenvalue weighted by Crippen LogP contribution is -2.65. The van der Waals surface area contributed by atoms with E-state index in [0.29, 0.717) is 12.8 Å². The van der Waals surface area contributed by atoms with Gasteiger partial charge in [0.05, 0.1) is 32.0 Å². The zero-order valence-electron chi connectivity index (χ0n) is 59.6. The largest absolute Gasteiger partial charge is 0.394 e. The summed E-state index contributed by atoms with van der Waals surface area (Å²) in [6, 6.07) is -0.827. The summed E-state index contributed by atoms with van der Waals surface area (Å²) in [5, 5.41) is 87.8. The highest BCUT2D eigenvalue weighted by Gasteiger charge is 2.51. The van der Waals surface area contributed by atoms with E-state index in [9.17, 15) is 45.6 Å². The summed E-state index contributed by atoms with van der Waals surface area (Å²) in [7, 11) is 0. The third kappa shape index (κ3) is 45.9. The van der Waals surface area contributed by atoms with E-state index in [1.165, 1.54) is 289 Å². The van der Waals surface area contributed by atoms with Crippen LogP contribution in [0.4, 0.5) is 0 Å². The molecule has 12 atom stereocenters. The Labute approximate surface area is 564 Å². The molecule has 12 unspecified atom stereocenters. The summed E-state index contributed by atoms with van der Waals surface area (Å²) in [6.07, 6.45) is 63.7. The number of carbonyl (C=O) groups excluding carboxylic acids is 1. The van der Waals surface area contributed by atoms with Crippen molar-refractivity contribution in [2.24, 2.45) is 0 Å². The standard InChI is InChI=1S/C78H149NO13/c1-3-5-7-9-11-13-15-17-19-21-23-25-26-27-28-29-30-31-32-33-34-35-36-37-38-39-40-42-44-46-48-50-52-54-56-58-60-62-70(83)79-66(67(82)61-59-57-55-53-51-49-47-45-43-41-24-22-20-18-16-14-12-10-8-6-4-2)65-89-77-75(88)73(86)76(69(64-81)91-77)92-78-74(87)72(85)71(84)68(63-80)90-78/h15,17,21,23,66-69,71-78,80-82,84-88H,3-14,16,18-20,22,24-65H2,1-2H3,(H,79,83)/b17-15-,23-21-. The molecule has 92 heavy (non-hydrogen) atoms. The number of hydrogen-bond acceptors (Lipinski definition) is 13. The second-order valence-corrected chi connectivity index (χ2v) is 28.2. The molecule has 0 aliphatic carbocycles. The Morgan fingerprint density at radius 1 is 0.391 bits per heavy atom. The Kier molecular flexibility index (Phi) is 59.2. The zero-order valence-corrected chi connectivity index (χ0v) is 59.6. The second-order valence-electron chi connectivity index (χ2n) is 28.2. The molecule has 2 aliphatic heterocycles. The number of aliphatic hydroxyl groups is 8. The third-order valence-electron chi connectivity index (χ3n) is 19.7. The maximum absolute atomic E-state index is 13.4. The van der Waals surface area contributed by atoms with Crippen LogP contribution in [0.2, 0.25) is 0 Å². The predicted molar refractivity (Wildman–Crippen MR) is 378 cm³/mol. The van der Waals surface area contributed by atoms with Crippen LogP contribution in [-0.2, 0) is 23.7 Å². The lowest BCUT2D eigenvalue weighted by Gasteiger charge is -2.46. The molecule has 0 saturated carbocycles. The quantitative estimate of drug-likeness (QED) is 0.0204. The van der Waals surface area contributed by atoms with Crippen LogP contribution >= 0.6 is 0 Å². The van der Waals surface area contributed by atoms with Gasteiger partial charge in [0, 0.05) is 6.42 Å². The van der Waals surface area contributed by atoms with Crippen LogP contribution < -0.4 is 5.32 Å². The first-order valence-electron chi connectivity index (χ1n) is 39.6. The van der Waals surface area contributed by atoms with Gasteiger partial charge in [-0.2, -0.15) is 0 Å². The number of rotatable bonds is 67. The summed E-state index contributed by atoms with van der Waals surface area (Å²) >= 11 is 0. The molecule has 14 heteroatoms. The Bertz CT molecular complexity index is 1640. The van der Waals surface area contributed by atoms with Crippen LogP contribution in [0.3, 0.4) is 0 Å². The number of allylic oxidation sites excluding steroid dienone is 4. The van der Waals surface area contributed by atoms with E-state index in [1.807, 2.05) is 0 Å². The third-order valence-corrected chi connectivity index (χ3v) is 19.7. The van der Waals surface area contributed by atoms with Crippen molar-refractivity contribution in [1.29, 1.82) is 0 Å². The van der Waals surface area contributed by atoms with Gasteiger partial charge in [-0.25, -0.2) is 0 Å². The van der Waals surface area contributed by atoms with Crippen LogP contribution in [0.15, 0.2) is 24.3 Å². The Hall–Kier alpha value is -1.53. The molecule has 0 radical (unpaired) electrons. The van der Waals surface area contributed by atoms with Crippen molar-refractivity contribution >= 4 is 5.91 Å². The summed E-state index contributed by atoms with van der Waals surface area (Å²) in [5.41, 5.74) is 0. The molecule has 544 valence electrons. The van der Waals surface area contributed by atoms with Crippen LogP contribution in [0, 0.1) is 0 Å². The van der Waals surface area contributed by atoms with Gasteiger partial charge in [-0.05, 0) is 44.9 Å². The highest BCUT2D eigenvalue weighted by Crippen LogP contribution is 2.30.